The van der Waals surface area contributed by atoms with Gasteiger partial charge in [-0.1, -0.05) is 166 Å². The van der Waals surface area contributed by atoms with Crippen LogP contribution in [0.2, 0.25) is 0 Å². The highest BCUT2D eigenvalue weighted by atomic mass is 32.1. The molecule has 0 saturated heterocycles. The maximum Gasteiger partial charge on any atom is 0.0433 e. The summed E-state index contributed by atoms with van der Waals surface area (Å²) in [6, 6.07) is 63.5. The first-order valence-corrected chi connectivity index (χ1v) is 19.0. The minimum atomic E-state index is -0.146. The molecule has 0 amide bonds. The van der Waals surface area contributed by atoms with Crippen molar-refractivity contribution in [1.82, 2.24) is 0 Å². The Morgan fingerprint density at radius 1 is 0.365 bits per heavy atom. The summed E-state index contributed by atoms with van der Waals surface area (Å²) >= 11 is 1.92. The SMILES string of the molecule is CC1(C)c2cc(-c3ccc4c(c3)sc3c5ccccc5ccc43)ccc2-c2ccc(-c3c4ccccc4c(-c4ccccc4)c4ccccc34)cc21. The van der Waals surface area contributed by atoms with Crippen LogP contribution < -0.4 is 0 Å². The Morgan fingerprint density at radius 2 is 0.865 bits per heavy atom. The van der Waals surface area contributed by atoms with Crippen molar-refractivity contribution in [3.8, 4) is 44.5 Å². The highest BCUT2D eigenvalue weighted by molar-refractivity contribution is 7.26. The second-order valence-electron chi connectivity index (χ2n) is 14.8. The quantitative estimate of drug-likeness (QED) is 0.163. The molecule has 1 aliphatic carbocycles. The summed E-state index contributed by atoms with van der Waals surface area (Å²) < 4.78 is 2.72. The lowest BCUT2D eigenvalue weighted by atomic mass is 9.80. The molecule has 0 spiro atoms. The molecule has 11 rings (SSSR count). The van der Waals surface area contributed by atoms with Gasteiger partial charge in [-0.2, -0.15) is 0 Å². The summed E-state index contributed by atoms with van der Waals surface area (Å²) in [4.78, 5) is 0. The van der Waals surface area contributed by atoms with Crippen LogP contribution >= 0.6 is 11.3 Å². The lowest BCUT2D eigenvalue weighted by Gasteiger charge is -2.23. The van der Waals surface area contributed by atoms with Crippen molar-refractivity contribution >= 4 is 63.8 Å². The number of benzene rings is 9. The van der Waals surface area contributed by atoms with Gasteiger partial charge >= 0.3 is 0 Å². The monoisotopic (exact) mass is 678 g/mol. The fourth-order valence-electron chi connectivity index (χ4n) is 9.11. The third-order valence-corrected chi connectivity index (χ3v) is 12.9. The Labute approximate surface area is 307 Å². The molecule has 0 unspecified atom stereocenters. The summed E-state index contributed by atoms with van der Waals surface area (Å²) in [5, 5.41) is 10.5. The summed E-state index contributed by atoms with van der Waals surface area (Å²) in [5.41, 5.74) is 13.0. The Morgan fingerprint density at radius 3 is 1.54 bits per heavy atom. The molecule has 244 valence electrons. The van der Waals surface area contributed by atoms with E-state index < -0.39 is 0 Å². The van der Waals surface area contributed by atoms with Gasteiger partial charge in [0.05, 0.1) is 0 Å². The van der Waals surface area contributed by atoms with Crippen LogP contribution in [0.15, 0.2) is 170 Å². The normalized spacial score (nSPS) is 13.3. The van der Waals surface area contributed by atoms with Gasteiger partial charge in [-0.25, -0.2) is 0 Å². The second kappa shape index (κ2) is 11.0. The Bertz CT molecular complexity index is 3030. The van der Waals surface area contributed by atoms with Crippen LogP contribution in [-0.4, -0.2) is 0 Å². The first kappa shape index (κ1) is 29.7. The van der Waals surface area contributed by atoms with Crippen molar-refractivity contribution in [2.45, 2.75) is 19.3 Å². The molecule has 52 heavy (non-hydrogen) atoms. The fourth-order valence-corrected chi connectivity index (χ4v) is 10.4. The predicted molar refractivity (Wildman–Crippen MR) is 226 cm³/mol. The van der Waals surface area contributed by atoms with Gasteiger partial charge in [0.15, 0.2) is 0 Å². The molecular weight excluding hydrogens is 645 g/mol. The maximum atomic E-state index is 2.49. The zero-order valence-electron chi connectivity index (χ0n) is 29.1. The summed E-state index contributed by atoms with van der Waals surface area (Å²) in [6.45, 7) is 4.81. The molecule has 0 bridgehead atoms. The molecule has 1 aliphatic rings. The molecule has 0 atom stereocenters. The highest BCUT2D eigenvalue weighted by Crippen LogP contribution is 2.52. The first-order chi connectivity index (χ1) is 25.5. The second-order valence-corrected chi connectivity index (χ2v) is 15.9. The average Bonchev–Trinajstić information content (AvgIpc) is 3.68. The summed E-state index contributed by atoms with van der Waals surface area (Å²) in [7, 11) is 0. The lowest BCUT2D eigenvalue weighted by molar-refractivity contribution is 0.661. The molecule has 10 aromatic rings. The van der Waals surface area contributed by atoms with Gasteiger partial charge in [0.2, 0.25) is 0 Å². The van der Waals surface area contributed by atoms with E-state index in [1.165, 1.54) is 108 Å². The Hall–Kier alpha value is -6.02. The molecule has 0 N–H and O–H groups in total. The van der Waals surface area contributed by atoms with Crippen molar-refractivity contribution in [2.24, 2.45) is 0 Å². The van der Waals surface area contributed by atoms with Crippen LogP contribution in [0.4, 0.5) is 0 Å². The third-order valence-electron chi connectivity index (χ3n) is 11.7. The smallest absolute Gasteiger partial charge is 0.0433 e. The number of hydrogen-bond donors (Lipinski definition) is 0. The molecular formula is C51H34S. The van der Waals surface area contributed by atoms with E-state index in [0.717, 1.165) is 0 Å². The van der Waals surface area contributed by atoms with Crippen molar-refractivity contribution in [3.63, 3.8) is 0 Å². The average molecular weight is 679 g/mol. The van der Waals surface area contributed by atoms with E-state index in [1.807, 2.05) is 11.3 Å². The topological polar surface area (TPSA) is 0 Å². The van der Waals surface area contributed by atoms with E-state index in [9.17, 15) is 0 Å². The van der Waals surface area contributed by atoms with Crippen LogP contribution in [0.5, 0.6) is 0 Å². The van der Waals surface area contributed by atoms with Crippen LogP contribution in [0.1, 0.15) is 25.0 Å². The number of fused-ring (bicyclic) bond motifs is 10. The highest BCUT2D eigenvalue weighted by Gasteiger charge is 2.36. The van der Waals surface area contributed by atoms with Crippen LogP contribution in [0.3, 0.4) is 0 Å². The van der Waals surface area contributed by atoms with Crippen LogP contribution in [-0.2, 0) is 5.41 Å². The van der Waals surface area contributed by atoms with E-state index in [4.69, 9.17) is 0 Å². The maximum absolute atomic E-state index is 2.49. The van der Waals surface area contributed by atoms with E-state index >= 15 is 0 Å². The van der Waals surface area contributed by atoms with Crippen LogP contribution in [0.25, 0.3) is 97.0 Å². The van der Waals surface area contributed by atoms with E-state index in [2.05, 4.69) is 184 Å². The molecule has 1 heterocycles. The van der Waals surface area contributed by atoms with Gasteiger partial charge in [-0.3, -0.25) is 0 Å². The number of hydrogen-bond acceptors (Lipinski definition) is 1. The number of rotatable bonds is 3. The van der Waals surface area contributed by atoms with E-state index in [0.29, 0.717) is 0 Å². The van der Waals surface area contributed by atoms with Crippen molar-refractivity contribution in [2.75, 3.05) is 0 Å². The van der Waals surface area contributed by atoms with Crippen molar-refractivity contribution < 1.29 is 0 Å². The third kappa shape index (κ3) is 4.21. The number of thiophene rings is 1. The van der Waals surface area contributed by atoms with Gasteiger partial charge in [-0.05, 0) is 106 Å². The van der Waals surface area contributed by atoms with Crippen molar-refractivity contribution in [1.29, 1.82) is 0 Å². The van der Waals surface area contributed by atoms with Gasteiger partial charge in [0, 0.05) is 25.6 Å². The Balaban J connectivity index is 1.04. The standard InChI is InChI=1S/C51H34S/c1-51(2)45-28-33(34-22-26-39-44-27-20-31-12-6-7-15-36(31)50(44)52-47(39)30-34)21-24-37(45)38-25-23-35(29-46(38)51)49-42-18-10-8-16-40(42)48(32-13-4-3-5-14-32)41-17-9-11-19-43(41)49/h3-30H,1-2H3. The fraction of sp³-hybridized carbons (Fsp3) is 0.0588. The molecule has 0 fully saturated rings. The summed E-state index contributed by atoms with van der Waals surface area (Å²) in [5.74, 6) is 0. The molecule has 0 nitrogen and oxygen atoms in total. The zero-order valence-corrected chi connectivity index (χ0v) is 29.9. The van der Waals surface area contributed by atoms with Gasteiger partial charge in [0.25, 0.3) is 0 Å². The zero-order chi connectivity index (χ0) is 34.6. The molecule has 9 aromatic carbocycles. The molecule has 0 aliphatic heterocycles. The van der Waals surface area contributed by atoms with Crippen LogP contribution in [0, 0.1) is 0 Å². The Kier molecular flexibility index (Phi) is 6.27. The van der Waals surface area contributed by atoms with E-state index in [1.54, 1.807) is 0 Å². The van der Waals surface area contributed by atoms with Gasteiger partial charge in [0.1, 0.15) is 0 Å². The van der Waals surface area contributed by atoms with E-state index in [-0.39, 0.29) is 5.41 Å². The minimum absolute atomic E-state index is 0.146. The largest absolute Gasteiger partial charge is 0.135 e. The lowest BCUT2D eigenvalue weighted by Crippen LogP contribution is -2.15. The molecule has 1 aromatic heterocycles. The molecule has 1 heteroatoms. The molecule has 0 saturated carbocycles. The van der Waals surface area contributed by atoms with Gasteiger partial charge in [-0.15, -0.1) is 11.3 Å². The summed E-state index contributed by atoms with van der Waals surface area (Å²) in [6.07, 6.45) is 0. The van der Waals surface area contributed by atoms with Gasteiger partial charge < -0.3 is 0 Å². The first-order valence-electron chi connectivity index (χ1n) is 18.2. The minimum Gasteiger partial charge on any atom is -0.135 e. The molecule has 0 radical (unpaired) electrons. The predicted octanol–water partition coefficient (Wildman–Crippen LogP) is 14.8. The van der Waals surface area contributed by atoms with Crippen molar-refractivity contribution in [3.05, 3.63) is 181 Å².